The number of benzene rings is 4. The zero-order valence-electron chi connectivity index (χ0n) is 35.8. The van der Waals surface area contributed by atoms with Gasteiger partial charge in [-0.05, 0) is 115 Å². The van der Waals surface area contributed by atoms with Crippen LogP contribution in [0.1, 0.15) is 114 Å². The van der Waals surface area contributed by atoms with Crippen LogP contribution >= 0.6 is 23.2 Å². The summed E-state index contributed by atoms with van der Waals surface area (Å²) < 4.78 is 16.4. The van der Waals surface area contributed by atoms with Gasteiger partial charge in [0.2, 0.25) is 23.6 Å². The molecule has 65 heavy (non-hydrogen) atoms. The van der Waals surface area contributed by atoms with E-state index in [9.17, 15) is 28.8 Å². The minimum absolute atomic E-state index is 0.00960. The van der Waals surface area contributed by atoms with E-state index >= 15 is 4.39 Å². The highest BCUT2D eigenvalue weighted by molar-refractivity contribution is 6.31. The molecule has 4 aromatic carbocycles. The van der Waals surface area contributed by atoms with Crippen LogP contribution < -0.4 is 26.6 Å². The lowest BCUT2D eigenvalue weighted by atomic mass is 9.53. The molecular formula is C50H47Cl2FN6O6. The number of amides is 6. The SMILES string of the molecule is CC1(C)CCC2(CC1)N[C@@H](C(=O)Nc1ccc(C(=O)NCCCC#Cc3cccc4c3CN(C3CCC(=O)NC3=O)C4=O)cc1)[C@H](c1cccc(Cl)c1F)[C@]21C(=O)Nc2cc(Cl)ccc21. The number of halogens is 3. The maximum atomic E-state index is 16.4. The molecule has 5 N–H and O–H groups in total. The molecule has 4 aliphatic heterocycles. The van der Waals surface area contributed by atoms with Gasteiger partial charge in [0.15, 0.2) is 0 Å². The topological polar surface area (TPSA) is 166 Å². The number of rotatable bonds is 8. The first-order valence-corrected chi connectivity index (χ1v) is 22.7. The highest BCUT2D eigenvalue weighted by Crippen LogP contribution is 2.64. The number of nitrogens with zero attached hydrogens (tertiary/aromatic N) is 1. The largest absolute Gasteiger partial charge is 0.352 e. The van der Waals surface area contributed by atoms with E-state index in [1.807, 2.05) is 12.1 Å². The summed E-state index contributed by atoms with van der Waals surface area (Å²) in [6, 6.07) is 19.9. The summed E-state index contributed by atoms with van der Waals surface area (Å²) in [4.78, 5) is 81.3. The second kappa shape index (κ2) is 17.1. The molecule has 2 saturated heterocycles. The van der Waals surface area contributed by atoms with Crippen molar-refractivity contribution in [3.8, 4) is 11.8 Å². The minimum Gasteiger partial charge on any atom is -0.352 e. The van der Waals surface area contributed by atoms with Gasteiger partial charge in [-0.15, -0.1) is 0 Å². The molecule has 1 saturated carbocycles. The third-order valence-electron chi connectivity index (χ3n) is 14.0. The Kier molecular flexibility index (Phi) is 11.6. The third-order valence-corrected chi connectivity index (χ3v) is 14.6. The van der Waals surface area contributed by atoms with Crippen molar-refractivity contribution in [1.29, 1.82) is 0 Å². The van der Waals surface area contributed by atoms with Crippen LogP contribution in [0, 0.1) is 23.1 Å². The van der Waals surface area contributed by atoms with Crippen molar-refractivity contribution in [2.24, 2.45) is 5.41 Å². The molecule has 4 atom stereocenters. The van der Waals surface area contributed by atoms with Gasteiger partial charge in [-0.1, -0.05) is 73.2 Å². The van der Waals surface area contributed by atoms with Crippen LogP contribution in [0.4, 0.5) is 15.8 Å². The Labute approximate surface area is 385 Å². The zero-order valence-corrected chi connectivity index (χ0v) is 37.4. The molecule has 2 spiro atoms. The normalized spacial score (nSPS) is 23.6. The quantitative estimate of drug-likeness (QED) is 0.0699. The van der Waals surface area contributed by atoms with Crippen LogP contribution in [0.5, 0.6) is 0 Å². The number of nitrogens with one attached hydrogen (secondary N) is 5. The predicted molar refractivity (Wildman–Crippen MR) is 244 cm³/mol. The van der Waals surface area contributed by atoms with Crippen molar-refractivity contribution in [1.82, 2.24) is 20.9 Å². The van der Waals surface area contributed by atoms with E-state index in [2.05, 4.69) is 52.3 Å². The second-order valence-corrected chi connectivity index (χ2v) is 19.2. The van der Waals surface area contributed by atoms with E-state index in [0.717, 1.165) is 18.4 Å². The number of piperidine rings is 1. The molecule has 0 bridgehead atoms. The molecule has 334 valence electrons. The summed E-state index contributed by atoms with van der Waals surface area (Å²) in [5.41, 5.74) is 1.71. The minimum atomic E-state index is -1.40. The van der Waals surface area contributed by atoms with E-state index in [1.165, 1.54) is 11.0 Å². The number of carbonyl (C=O) groups excluding carboxylic acids is 6. The molecule has 4 aromatic rings. The van der Waals surface area contributed by atoms with E-state index in [-0.39, 0.29) is 59.0 Å². The van der Waals surface area contributed by atoms with Crippen LogP contribution in [0.15, 0.2) is 78.9 Å². The number of carbonyl (C=O) groups is 6. The number of hydrogen-bond donors (Lipinski definition) is 5. The fourth-order valence-corrected chi connectivity index (χ4v) is 11.0. The first-order valence-electron chi connectivity index (χ1n) is 21.9. The van der Waals surface area contributed by atoms with Crippen LogP contribution in [0.3, 0.4) is 0 Å². The number of unbranched alkanes of at least 4 members (excludes halogenated alkanes) is 1. The lowest BCUT2D eigenvalue weighted by Crippen LogP contribution is -2.61. The molecular weight excluding hydrogens is 870 g/mol. The molecule has 15 heteroatoms. The maximum absolute atomic E-state index is 16.4. The molecule has 9 rings (SSSR count). The van der Waals surface area contributed by atoms with Crippen LogP contribution in [-0.2, 0) is 31.1 Å². The fourth-order valence-electron chi connectivity index (χ4n) is 10.7. The van der Waals surface area contributed by atoms with Crippen LogP contribution in [0.25, 0.3) is 0 Å². The van der Waals surface area contributed by atoms with Crippen LogP contribution in [-0.4, -0.2) is 64.5 Å². The van der Waals surface area contributed by atoms with Gasteiger partial charge < -0.3 is 20.9 Å². The molecule has 0 aromatic heterocycles. The third kappa shape index (κ3) is 7.75. The Bertz CT molecular complexity index is 2740. The first kappa shape index (κ1) is 44.1. The van der Waals surface area contributed by atoms with Gasteiger partial charge >= 0.3 is 0 Å². The summed E-state index contributed by atoms with van der Waals surface area (Å²) >= 11 is 12.8. The number of hydrogen-bond acceptors (Lipinski definition) is 7. The van der Waals surface area contributed by atoms with Gasteiger partial charge in [-0.2, -0.15) is 0 Å². The van der Waals surface area contributed by atoms with Crippen molar-refractivity contribution >= 4 is 70.0 Å². The molecule has 12 nitrogen and oxygen atoms in total. The Balaban J connectivity index is 0.872. The molecule has 3 fully saturated rings. The van der Waals surface area contributed by atoms with Crippen LogP contribution in [0.2, 0.25) is 10.0 Å². The van der Waals surface area contributed by atoms with E-state index in [4.69, 9.17) is 23.2 Å². The monoisotopic (exact) mass is 916 g/mol. The maximum Gasteiger partial charge on any atom is 0.255 e. The molecule has 0 radical (unpaired) electrons. The van der Waals surface area contributed by atoms with Crippen molar-refractivity contribution in [2.75, 3.05) is 17.2 Å². The van der Waals surface area contributed by atoms with Gasteiger partial charge in [0.05, 0.1) is 11.1 Å². The Morgan fingerprint density at radius 1 is 0.923 bits per heavy atom. The average molecular weight is 918 g/mol. The van der Waals surface area contributed by atoms with Crippen molar-refractivity contribution in [3.63, 3.8) is 0 Å². The van der Waals surface area contributed by atoms with Gasteiger partial charge in [0.25, 0.3) is 11.8 Å². The number of imide groups is 1. The standard InChI is InChI=1S/C50H47Cl2FN6O6/c1-48(2)21-23-49(24-22-48)50(35-18-15-30(51)26-37(35)56-47(50)65)40(33-11-7-12-36(52)41(33)53)42(58-49)45(63)55-31-16-13-29(14-17-31)43(61)54-25-5-3-4-8-28-9-6-10-32-34(28)27-59(46(32)64)38-19-20-39(60)57-44(38)62/h6-7,9-18,26,38,40,42,58H,3,5,19-25,27H2,1-2H3,(H,54,61)(H,55,63)(H,56,65)(H,57,60,62)/t38?,40-,42+,50+/m0/s1. The summed E-state index contributed by atoms with van der Waals surface area (Å²) in [7, 11) is 0. The van der Waals surface area contributed by atoms with Gasteiger partial charge in [0.1, 0.15) is 17.3 Å². The lowest BCUT2D eigenvalue weighted by molar-refractivity contribution is -0.137. The fraction of sp³-hybridized carbons (Fsp3) is 0.360. The van der Waals surface area contributed by atoms with Gasteiger partial charge in [-0.3, -0.25) is 39.4 Å². The summed E-state index contributed by atoms with van der Waals surface area (Å²) in [5, 5.41) is 15.2. The van der Waals surface area contributed by atoms with Gasteiger partial charge in [-0.25, -0.2) is 4.39 Å². The Morgan fingerprint density at radius 3 is 2.43 bits per heavy atom. The number of anilines is 2. The Morgan fingerprint density at radius 2 is 1.68 bits per heavy atom. The van der Waals surface area contributed by atoms with Gasteiger partial charge in [0, 0.05) is 70.5 Å². The average Bonchev–Trinajstić information content (AvgIpc) is 3.88. The molecule has 5 aliphatic rings. The molecule has 4 heterocycles. The number of fused-ring (bicyclic) bond motifs is 4. The van der Waals surface area contributed by atoms with E-state index < -0.39 is 46.6 Å². The van der Waals surface area contributed by atoms with Crippen molar-refractivity contribution in [2.45, 2.75) is 101 Å². The second-order valence-electron chi connectivity index (χ2n) is 18.4. The highest BCUT2D eigenvalue weighted by atomic mass is 35.5. The predicted octanol–water partition coefficient (Wildman–Crippen LogP) is 7.38. The molecule has 6 amide bonds. The smallest absolute Gasteiger partial charge is 0.255 e. The lowest BCUT2D eigenvalue weighted by Gasteiger charge is -2.50. The summed E-state index contributed by atoms with van der Waals surface area (Å²) in [5.74, 6) is 2.39. The molecule has 1 unspecified atom stereocenters. The first-order chi connectivity index (χ1) is 31.1. The summed E-state index contributed by atoms with van der Waals surface area (Å²) in [6.45, 7) is 4.95. The van der Waals surface area contributed by atoms with E-state index in [0.29, 0.717) is 70.9 Å². The van der Waals surface area contributed by atoms with E-state index in [1.54, 1.807) is 60.7 Å². The zero-order chi connectivity index (χ0) is 45.8. The van der Waals surface area contributed by atoms with Crippen molar-refractivity contribution in [3.05, 3.63) is 128 Å². The highest BCUT2D eigenvalue weighted by Gasteiger charge is 2.73. The molecule has 1 aliphatic carbocycles. The Hall–Kier alpha value is -6.07. The summed E-state index contributed by atoms with van der Waals surface area (Å²) in [6.07, 6.45) is 4.12. The van der Waals surface area contributed by atoms with Crippen molar-refractivity contribution < 1.29 is 33.2 Å².